The van der Waals surface area contributed by atoms with Crippen LogP contribution in [0.4, 0.5) is 0 Å². The number of rotatable bonds is 65. The largest absolute Gasteiger partial charge is 0.472 e. The second-order valence-electron chi connectivity index (χ2n) is 24.9. The van der Waals surface area contributed by atoms with Gasteiger partial charge in [-0.05, 0) is 141 Å². The quantitative estimate of drug-likeness (QED) is 0.0211. The fourth-order valence-corrected chi connectivity index (χ4v) is 10.1. The first-order valence-electron chi connectivity index (χ1n) is 36.5. The molecule has 0 saturated carbocycles. The van der Waals surface area contributed by atoms with Crippen molar-refractivity contribution in [3.05, 3.63) is 182 Å². The highest BCUT2D eigenvalue weighted by Crippen LogP contribution is 2.43. The van der Waals surface area contributed by atoms with Gasteiger partial charge >= 0.3 is 19.8 Å². The summed E-state index contributed by atoms with van der Waals surface area (Å²) in [7, 11) is 1.44. The highest BCUT2D eigenvalue weighted by atomic mass is 31.2. The van der Waals surface area contributed by atoms with Crippen LogP contribution in [0.1, 0.15) is 271 Å². The molecule has 0 aliphatic rings. The van der Waals surface area contributed by atoms with Gasteiger partial charge in [-0.25, -0.2) is 4.57 Å². The number of unbranched alkanes of at least 4 members (excludes halogenated alkanes) is 21. The topological polar surface area (TPSA) is 108 Å². The number of likely N-dealkylation sites (N-methyl/N-ethyl adjacent to an activating group) is 1. The van der Waals surface area contributed by atoms with Crippen LogP contribution < -0.4 is 0 Å². The van der Waals surface area contributed by atoms with Crippen LogP contribution in [0.5, 0.6) is 0 Å². The van der Waals surface area contributed by atoms with Crippen LogP contribution in [-0.2, 0) is 32.7 Å². The van der Waals surface area contributed by atoms with Gasteiger partial charge in [-0.3, -0.25) is 18.6 Å². The molecule has 0 aromatic rings. The van der Waals surface area contributed by atoms with Gasteiger partial charge in [-0.1, -0.05) is 299 Å². The van der Waals surface area contributed by atoms with Gasteiger partial charge in [0.25, 0.3) is 0 Å². The van der Waals surface area contributed by atoms with E-state index in [4.69, 9.17) is 18.5 Å². The van der Waals surface area contributed by atoms with E-state index < -0.39 is 26.5 Å². The van der Waals surface area contributed by atoms with Gasteiger partial charge in [0.05, 0.1) is 27.7 Å². The molecule has 0 aromatic heterocycles. The highest BCUT2D eigenvalue weighted by molar-refractivity contribution is 7.47. The van der Waals surface area contributed by atoms with Crippen molar-refractivity contribution in [2.24, 2.45) is 0 Å². The molecule has 0 aromatic carbocycles. The van der Waals surface area contributed by atoms with Crippen LogP contribution >= 0.6 is 7.82 Å². The number of carbonyl (C=O) groups excluding carboxylic acids is 2. The minimum atomic E-state index is -4.41. The Hall–Kier alpha value is -4.89. The number of esters is 2. The minimum Gasteiger partial charge on any atom is -0.462 e. The fourth-order valence-electron chi connectivity index (χ4n) is 9.36. The number of ether oxygens (including phenoxy) is 2. The molecule has 10 heteroatoms. The molecule has 520 valence electrons. The van der Waals surface area contributed by atoms with Crippen molar-refractivity contribution < 1.29 is 42.1 Å². The average Bonchev–Trinajstić information content (AvgIpc) is 2.23. The standard InChI is InChI=1S/C82H134NO8P/c1-6-8-10-12-14-16-18-20-22-24-26-28-30-32-34-35-36-37-38-39-40-41-42-43-44-45-46-47-49-51-53-55-57-59-61-63-65-67-69-71-73-75-82(85)91-80(79-90-92(86,87)89-77-76-83(3,4)5)78-88-81(84)74-72-70-68-66-64-62-60-58-56-54-52-50-48-33-31-29-27-25-23-21-19-17-15-13-11-9-7-2/h8,10,14,16,19-22,25-28,31-34,36-37,39-40,42-43,45-46,49,51,55,57,61,63,80H,6-7,9,11-13,15,17-18,23-24,29-30,35,38,41,44,47-48,50,52-54,56,58-60,62,64-79H2,1-5H3/p+1/b10-8-,16-14-,21-19-,22-20-,27-25-,28-26-,33-31-,34-32-,37-36-,40-39-,43-42-,46-45-,51-49-,57-55-,63-61-. The van der Waals surface area contributed by atoms with Crippen LogP contribution in [0.2, 0.25) is 0 Å². The first-order chi connectivity index (χ1) is 45.0. The summed E-state index contributed by atoms with van der Waals surface area (Å²) in [4.78, 5) is 35.9. The number of hydrogen-bond acceptors (Lipinski definition) is 7. The highest BCUT2D eigenvalue weighted by Gasteiger charge is 2.27. The van der Waals surface area contributed by atoms with E-state index in [1.54, 1.807) is 0 Å². The number of phosphoric ester groups is 1. The zero-order valence-corrected chi connectivity index (χ0v) is 60.1. The Balaban J connectivity index is 4.18. The molecule has 0 heterocycles. The first-order valence-corrected chi connectivity index (χ1v) is 38.0. The molecule has 0 bridgehead atoms. The third-order valence-corrected chi connectivity index (χ3v) is 15.9. The Kier molecular flexibility index (Phi) is 66.7. The Morgan fingerprint density at radius 1 is 0.348 bits per heavy atom. The summed E-state index contributed by atoms with van der Waals surface area (Å²) in [5, 5.41) is 0. The molecular weight excluding hydrogens is 1160 g/mol. The van der Waals surface area contributed by atoms with E-state index in [0.717, 1.165) is 135 Å². The number of quaternary nitrogens is 1. The molecular formula is C82H135NO8P+. The molecule has 0 spiro atoms. The second-order valence-corrected chi connectivity index (χ2v) is 26.3. The van der Waals surface area contributed by atoms with E-state index >= 15 is 0 Å². The van der Waals surface area contributed by atoms with Crippen molar-refractivity contribution >= 4 is 19.8 Å². The normalized spacial score (nSPS) is 14.2. The summed E-state index contributed by atoms with van der Waals surface area (Å²) in [6.45, 7) is 4.27. The summed E-state index contributed by atoms with van der Waals surface area (Å²) >= 11 is 0. The van der Waals surface area contributed by atoms with Crippen molar-refractivity contribution in [2.45, 2.75) is 277 Å². The van der Waals surface area contributed by atoms with Crippen LogP contribution in [0, 0.1) is 0 Å². The van der Waals surface area contributed by atoms with Crippen molar-refractivity contribution in [3.63, 3.8) is 0 Å². The lowest BCUT2D eigenvalue weighted by Crippen LogP contribution is -2.37. The number of nitrogens with zero attached hydrogens (tertiary/aromatic N) is 1. The Morgan fingerprint density at radius 3 is 0.924 bits per heavy atom. The maximum atomic E-state index is 12.9. The van der Waals surface area contributed by atoms with E-state index in [-0.39, 0.29) is 32.0 Å². The van der Waals surface area contributed by atoms with E-state index in [9.17, 15) is 19.0 Å². The maximum absolute atomic E-state index is 12.9. The van der Waals surface area contributed by atoms with Crippen LogP contribution in [0.3, 0.4) is 0 Å². The lowest BCUT2D eigenvalue weighted by atomic mass is 10.0. The minimum absolute atomic E-state index is 0.0167. The number of allylic oxidation sites excluding steroid dienone is 30. The van der Waals surface area contributed by atoms with Gasteiger partial charge < -0.3 is 18.9 Å². The molecule has 2 unspecified atom stereocenters. The molecule has 0 amide bonds. The smallest absolute Gasteiger partial charge is 0.462 e. The molecule has 0 aliphatic heterocycles. The summed E-state index contributed by atoms with van der Waals surface area (Å²) in [6.07, 6.45) is 109. The number of phosphoric acid groups is 1. The lowest BCUT2D eigenvalue weighted by molar-refractivity contribution is -0.870. The van der Waals surface area contributed by atoms with Crippen LogP contribution in [0.25, 0.3) is 0 Å². The molecule has 0 saturated heterocycles. The van der Waals surface area contributed by atoms with Gasteiger partial charge in [0, 0.05) is 12.8 Å². The van der Waals surface area contributed by atoms with Crippen LogP contribution in [-0.4, -0.2) is 74.9 Å². The SMILES string of the molecule is CC/C=C\C/C=C\C/C=C\C/C=C\C/C=C\C/C=C\C/C=C\C/C=C\C/C=C\C/C=C\C/C=C\C/C=C\CCCCCCC(=O)OC(COC(=O)CCCCCCCCCCCCCC/C=C\C/C=C\C/C=C\CCCCCCC)COP(=O)(O)OCC[N+](C)(C)C. The molecule has 0 aliphatic carbocycles. The predicted molar refractivity (Wildman–Crippen MR) is 399 cm³/mol. The van der Waals surface area contributed by atoms with Gasteiger partial charge in [0.2, 0.25) is 0 Å². The molecule has 0 fully saturated rings. The molecule has 0 radical (unpaired) electrons. The van der Waals surface area contributed by atoms with E-state index in [0.29, 0.717) is 17.4 Å². The zero-order chi connectivity index (χ0) is 66.9. The third kappa shape index (κ3) is 74.2. The fraction of sp³-hybridized carbons (Fsp3) is 0.610. The molecule has 92 heavy (non-hydrogen) atoms. The van der Waals surface area contributed by atoms with Gasteiger partial charge in [0.1, 0.15) is 19.8 Å². The van der Waals surface area contributed by atoms with Crippen LogP contribution in [0.15, 0.2) is 182 Å². The second kappa shape index (κ2) is 70.4. The molecule has 9 nitrogen and oxygen atoms in total. The summed E-state index contributed by atoms with van der Waals surface area (Å²) < 4.78 is 34.7. The monoisotopic (exact) mass is 1290 g/mol. The van der Waals surface area contributed by atoms with Crippen molar-refractivity contribution in [3.8, 4) is 0 Å². The van der Waals surface area contributed by atoms with Gasteiger partial charge in [0.15, 0.2) is 6.10 Å². The summed E-state index contributed by atoms with van der Waals surface area (Å²) in [6, 6.07) is 0. The lowest BCUT2D eigenvalue weighted by Gasteiger charge is -2.24. The van der Waals surface area contributed by atoms with E-state index in [1.165, 1.54) is 103 Å². The van der Waals surface area contributed by atoms with Crippen molar-refractivity contribution in [1.29, 1.82) is 0 Å². The van der Waals surface area contributed by atoms with Crippen molar-refractivity contribution in [1.82, 2.24) is 0 Å². The third-order valence-electron chi connectivity index (χ3n) is 14.9. The van der Waals surface area contributed by atoms with Gasteiger partial charge in [-0.2, -0.15) is 0 Å². The first kappa shape index (κ1) is 87.1. The zero-order valence-electron chi connectivity index (χ0n) is 59.2. The Labute approximate surface area is 565 Å². The molecule has 2 atom stereocenters. The molecule has 1 N–H and O–H groups in total. The summed E-state index contributed by atoms with van der Waals surface area (Å²) in [5.74, 6) is -0.838. The number of hydrogen-bond donors (Lipinski definition) is 1. The predicted octanol–water partition coefficient (Wildman–Crippen LogP) is 24.3. The van der Waals surface area contributed by atoms with E-state index in [2.05, 4.69) is 196 Å². The Morgan fingerprint density at radius 2 is 0.620 bits per heavy atom. The Bertz CT molecular complexity index is 2210. The number of carbonyl (C=O) groups is 2. The average molecular weight is 1290 g/mol. The summed E-state index contributed by atoms with van der Waals surface area (Å²) in [5.41, 5.74) is 0. The maximum Gasteiger partial charge on any atom is 0.472 e. The molecule has 0 rings (SSSR count). The van der Waals surface area contributed by atoms with Gasteiger partial charge in [-0.15, -0.1) is 0 Å². The van der Waals surface area contributed by atoms with Crippen molar-refractivity contribution in [2.75, 3.05) is 47.5 Å². The van der Waals surface area contributed by atoms with E-state index in [1.807, 2.05) is 21.1 Å².